The number of amides is 1. The summed E-state index contributed by atoms with van der Waals surface area (Å²) in [4.78, 5) is 20.9. The number of benzene rings is 1. The van der Waals surface area contributed by atoms with Gasteiger partial charge in [-0.2, -0.15) is 0 Å². The highest BCUT2D eigenvalue weighted by molar-refractivity contribution is 7.19. The van der Waals surface area contributed by atoms with Crippen LogP contribution in [0.2, 0.25) is 0 Å². The zero-order valence-electron chi connectivity index (χ0n) is 14.2. The molecule has 0 aliphatic heterocycles. The van der Waals surface area contributed by atoms with Gasteiger partial charge in [-0.15, -0.1) is 0 Å². The van der Waals surface area contributed by atoms with E-state index in [9.17, 15) is 4.79 Å². The Morgan fingerprint density at radius 2 is 1.92 bits per heavy atom. The number of nitrogens with two attached hydrogens (primary N) is 1. The Labute approximate surface area is 145 Å². The van der Waals surface area contributed by atoms with Gasteiger partial charge in [-0.1, -0.05) is 41.7 Å². The highest BCUT2D eigenvalue weighted by atomic mass is 32.1. The highest BCUT2D eigenvalue weighted by Crippen LogP contribution is 2.31. The number of imidazole rings is 1. The Hall–Kier alpha value is -2.18. The summed E-state index contributed by atoms with van der Waals surface area (Å²) in [6, 6.07) is 10.0. The minimum absolute atomic E-state index is 0.0669. The van der Waals surface area contributed by atoms with E-state index in [2.05, 4.69) is 0 Å². The number of fused-ring (bicyclic) bond motifs is 1. The third kappa shape index (κ3) is 2.61. The Morgan fingerprint density at radius 3 is 2.50 bits per heavy atom. The van der Waals surface area contributed by atoms with E-state index < -0.39 is 0 Å². The largest absolute Gasteiger partial charge is 0.338 e. The fourth-order valence-electron chi connectivity index (χ4n) is 2.98. The average molecular weight is 342 g/mol. The van der Waals surface area contributed by atoms with Crippen LogP contribution in [0.15, 0.2) is 30.3 Å². The smallest absolute Gasteiger partial charge is 0.265 e. The molecule has 1 aromatic carbocycles. The summed E-state index contributed by atoms with van der Waals surface area (Å²) < 4.78 is 2.03. The van der Waals surface area contributed by atoms with Crippen molar-refractivity contribution < 1.29 is 4.79 Å². The second-order valence-corrected chi connectivity index (χ2v) is 6.57. The maximum atomic E-state index is 12.7. The lowest BCUT2D eigenvalue weighted by molar-refractivity contribution is 0.0776. The molecule has 24 heavy (non-hydrogen) atoms. The average Bonchev–Trinajstić information content (AvgIpc) is 3.13. The molecule has 2 aromatic heterocycles. The van der Waals surface area contributed by atoms with Crippen LogP contribution in [0.5, 0.6) is 0 Å². The molecule has 0 saturated carbocycles. The summed E-state index contributed by atoms with van der Waals surface area (Å²) in [5.41, 5.74) is 9.82. The van der Waals surface area contributed by atoms with E-state index in [0.717, 1.165) is 32.5 Å². The maximum Gasteiger partial charge on any atom is 0.265 e. The quantitative estimate of drug-likeness (QED) is 0.774. The van der Waals surface area contributed by atoms with Gasteiger partial charge in [0.2, 0.25) is 0 Å². The van der Waals surface area contributed by atoms with Crippen LogP contribution >= 0.6 is 11.3 Å². The Bertz CT molecular complexity index is 862. The van der Waals surface area contributed by atoms with Crippen molar-refractivity contribution >= 4 is 22.2 Å². The van der Waals surface area contributed by atoms with Crippen molar-refractivity contribution in [2.75, 3.05) is 13.1 Å². The summed E-state index contributed by atoms with van der Waals surface area (Å²) >= 11 is 1.44. The predicted octanol–water partition coefficient (Wildman–Crippen LogP) is 3.31. The summed E-state index contributed by atoms with van der Waals surface area (Å²) in [6.07, 6.45) is 0. The van der Waals surface area contributed by atoms with Crippen LogP contribution in [-0.4, -0.2) is 33.3 Å². The van der Waals surface area contributed by atoms with Gasteiger partial charge in [0.25, 0.3) is 5.91 Å². The second-order valence-electron chi connectivity index (χ2n) is 5.59. The predicted molar refractivity (Wildman–Crippen MR) is 98.4 cm³/mol. The van der Waals surface area contributed by atoms with Crippen LogP contribution in [0.4, 0.5) is 0 Å². The van der Waals surface area contributed by atoms with Crippen molar-refractivity contribution in [3.05, 3.63) is 46.6 Å². The van der Waals surface area contributed by atoms with Crippen LogP contribution in [0.3, 0.4) is 0 Å². The zero-order valence-corrected chi connectivity index (χ0v) is 15.1. The van der Waals surface area contributed by atoms with Crippen LogP contribution < -0.4 is 5.73 Å². The van der Waals surface area contributed by atoms with E-state index in [1.54, 1.807) is 0 Å². The van der Waals surface area contributed by atoms with Crippen LogP contribution in [0.25, 0.3) is 16.2 Å². The van der Waals surface area contributed by atoms with Gasteiger partial charge in [0.1, 0.15) is 4.88 Å². The normalized spacial score (nSPS) is 11.2. The monoisotopic (exact) mass is 342 g/mol. The SMILES string of the molecule is CCN(CC)C(=O)c1sc2nc(-c3ccccc3)c(CN)n2c1C. The lowest BCUT2D eigenvalue weighted by atomic mass is 10.1. The van der Waals surface area contributed by atoms with Crippen molar-refractivity contribution in [3.63, 3.8) is 0 Å². The minimum Gasteiger partial charge on any atom is -0.338 e. The topological polar surface area (TPSA) is 63.6 Å². The number of thiazole rings is 1. The molecule has 1 amide bonds. The molecular weight excluding hydrogens is 320 g/mol. The molecule has 0 aliphatic rings. The Balaban J connectivity index is 2.14. The van der Waals surface area contributed by atoms with E-state index in [1.807, 2.05) is 60.4 Å². The molecule has 2 heterocycles. The molecule has 0 spiro atoms. The van der Waals surface area contributed by atoms with Gasteiger partial charge in [0, 0.05) is 30.9 Å². The van der Waals surface area contributed by atoms with Crippen molar-refractivity contribution in [1.82, 2.24) is 14.3 Å². The zero-order chi connectivity index (χ0) is 17.3. The molecule has 0 radical (unpaired) electrons. The van der Waals surface area contributed by atoms with Gasteiger partial charge in [0.15, 0.2) is 4.96 Å². The molecule has 0 bridgehead atoms. The molecular formula is C18H22N4OS. The number of carbonyl (C=O) groups excluding carboxylic acids is 1. The molecule has 0 saturated heterocycles. The fraction of sp³-hybridized carbons (Fsp3) is 0.333. The molecule has 2 N–H and O–H groups in total. The first-order chi connectivity index (χ1) is 11.6. The van der Waals surface area contributed by atoms with Crippen molar-refractivity contribution in [2.24, 2.45) is 5.73 Å². The molecule has 3 aromatic rings. The third-order valence-corrected chi connectivity index (χ3v) is 5.42. The number of hydrogen-bond acceptors (Lipinski definition) is 4. The Morgan fingerprint density at radius 1 is 1.25 bits per heavy atom. The third-order valence-electron chi connectivity index (χ3n) is 4.28. The molecule has 3 rings (SSSR count). The Kier molecular flexibility index (Phi) is 4.69. The van der Waals surface area contributed by atoms with Crippen molar-refractivity contribution in [2.45, 2.75) is 27.3 Å². The number of aryl methyl sites for hydroxylation is 1. The first kappa shape index (κ1) is 16.7. The fourth-order valence-corrected chi connectivity index (χ4v) is 4.09. The second kappa shape index (κ2) is 6.75. The maximum absolute atomic E-state index is 12.7. The number of carbonyl (C=O) groups is 1. The van der Waals surface area contributed by atoms with Gasteiger partial charge in [-0.25, -0.2) is 4.98 Å². The van der Waals surface area contributed by atoms with E-state index in [1.165, 1.54) is 11.3 Å². The minimum atomic E-state index is 0.0669. The molecule has 6 heteroatoms. The standard InChI is InChI=1S/C18H22N4OS/c1-4-21(5-2)17(23)16-12(3)22-14(11-19)15(20-18(22)24-16)13-9-7-6-8-10-13/h6-10H,4-5,11,19H2,1-3H3. The first-order valence-corrected chi connectivity index (χ1v) is 8.99. The van der Waals surface area contributed by atoms with Crippen LogP contribution in [0, 0.1) is 6.92 Å². The van der Waals surface area contributed by atoms with Gasteiger partial charge < -0.3 is 10.6 Å². The summed E-state index contributed by atoms with van der Waals surface area (Å²) in [5.74, 6) is 0.0669. The van der Waals surface area contributed by atoms with Crippen molar-refractivity contribution in [1.29, 1.82) is 0 Å². The summed E-state index contributed by atoms with van der Waals surface area (Å²) in [6.45, 7) is 7.74. The van der Waals surface area contributed by atoms with Gasteiger partial charge in [-0.05, 0) is 20.8 Å². The molecule has 0 atom stereocenters. The van der Waals surface area contributed by atoms with Crippen LogP contribution in [-0.2, 0) is 6.54 Å². The molecule has 0 unspecified atom stereocenters. The molecule has 5 nitrogen and oxygen atoms in total. The molecule has 0 fully saturated rings. The number of nitrogens with zero attached hydrogens (tertiary/aromatic N) is 3. The molecule has 126 valence electrons. The summed E-state index contributed by atoms with van der Waals surface area (Å²) in [7, 11) is 0. The number of hydrogen-bond donors (Lipinski definition) is 1. The number of rotatable bonds is 5. The molecule has 0 aliphatic carbocycles. The van der Waals surface area contributed by atoms with E-state index >= 15 is 0 Å². The van der Waals surface area contributed by atoms with Crippen molar-refractivity contribution in [3.8, 4) is 11.3 Å². The highest BCUT2D eigenvalue weighted by Gasteiger charge is 2.24. The van der Waals surface area contributed by atoms with E-state index in [-0.39, 0.29) is 5.91 Å². The lowest BCUT2D eigenvalue weighted by Crippen LogP contribution is -2.30. The number of aromatic nitrogens is 2. The summed E-state index contributed by atoms with van der Waals surface area (Å²) in [5, 5.41) is 0. The van der Waals surface area contributed by atoms with Gasteiger partial charge >= 0.3 is 0 Å². The van der Waals surface area contributed by atoms with E-state index in [4.69, 9.17) is 10.7 Å². The first-order valence-electron chi connectivity index (χ1n) is 8.17. The van der Waals surface area contributed by atoms with Gasteiger partial charge in [-0.3, -0.25) is 9.20 Å². The van der Waals surface area contributed by atoms with Gasteiger partial charge in [0.05, 0.1) is 11.4 Å². The van der Waals surface area contributed by atoms with E-state index in [0.29, 0.717) is 19.6 Å². The van der Waals surface area contributed by atoms with Crippen LogP contribution in [0.1, 0.15) is 34.9 Å². The lowest BCUT2D eigenvalue weighted by Gasteiger charge is -2.17.